The van der Waals surface area contributed by atoms with E-state index in [0.717, 1.165) is 17.1 Å². The van der Waals surface area contributed by atoms with Crippen LogP contribution in [-0.2, 0) is 6.54 Å². The maximum atomic E-state index is 13.7. The van der Waals surface area contributed by atoms with Gasteiger partial charge in [-0.25, -0.2) is 4.39 Å². The van der Waals surface area contributed by atoms with E-state index >= 15 is 0 Å². The molecule has 0 fully saturated rings. The summed E-state index contributed by atoms with van der Waals surface area (Å²) < 4.78 is 18.9. The topological polar surface area (TPSA) is 38.5 Å². The Hall–Kier alpha value is -2.07. The smallest absolute Gasteiger partial charge is 0.129 e. The summed E-state index contributed by atoms with van der Waals surface area (Å²) in [5.74, 6) is 0.477. The van der Waals surface area contributed by atoms with Crippen LogP contribution in [0.1, 0.15) is 5.56 Å². The standard InChI is InChI=1S/C15H17FN2O/c1-18(11-5-3-6-12(9-11)19-2)15-8-4-7-14(16)13(15)10-17/h3-9H,10,17H2,1-2H3. The number of nitrogens with zero attached hydrogens (tertiary/aromatic N) is 1. The largest absolute Gasteiger partial charge is 0.497 e. The van der Waals surface area contributed by atoms with E-state index in [-0.39, 0.29) is 12.4 Å². The van der Waals surface area contributed by atoms with Crippen molar-refractivity contribution in [3.05, 3.63) is 53.8 Å². The highest BCUT2D eigenvalue weighted by atomic mass is 19.1. The van der Waals surface area contributed by atoms with Crippen molar-refractivity contribution in [1.82, 2.24) is 0 Å². The van der Waals surface area contributed by atoms with Crippen molar-refractivity contribution >= 4 is 11.4 Å². The van der Waals surface area contributed by atoms with Crippen LogP contribution in [0.3, 0.4) is 0 Å². The monoisotopic (exact) mass is 260 g/mol. The molecule has 0 bridgehead atoms. The summed E-state index contributed by atoms with van der Waals surface area (Å²) in [5, 5.41) is 0. The van der Waals surface area contributed by atoms with Crippen molar-refractivity contribution in [1.29, 1.82) is 0 Å². The molecule has 4 heteroatoms. The molecule has 0 aliphatic rings. The molecule has 0 saturated heterocycles. The fourth-order valence-electron chi connectivity index (χ4n) is 2.02. The number of methoxy groups -OCH3 is 1. The Bertz CT molecular complexity index is 572. The van der Waals surface area contributed by atoms with Crippen molar-refractivity contribution in [3.63, 3.8) is 0 Å². The van der Waals surface area contributed by atoms with Gasteiger partial charge in [0.05, 0.1) is 7.11 Å². The van der Waals surface area contributed by atoms with Gasteiger partial charge < -0.3 is 15.4 Å². The zero-order chi connectivity index (χ0) is 13.8. The lowest BCUT2D eigenvalue weighted by Crippen LogP contribution is -2.14. The highest BCUT2D eigenvalue weighted by molar-refractivity contribution is 5.67. The number of anilines is 2. The molecule has 0 unspecified atom stereocenters. The minimum atomic E-state index is -0.283. The number of ether oxygens (including phenoxy) is 1. The van der Waals surface area contributed by atoms with E-state index in [1.807, 2.05) is 42.3 Å². The Labute approximate surface area is 112 Å². The third-order valence-corrected chi connectivity index (χ3v) is 3.10. The number of hydrogen-bond donors (Lipinski definition) is 1. The summed E-state index contributed by atoms with van der Waals surface area (Å²) in [6.07, 6.45) is 0. The Balaban J connectivity index is 2.43. The van der Waals surface area contributed by atoms with Gasteiger partial charge in [-0.15, -0.1) is 0 Å². The predicted octanol–water partition coefficient (Wildman–Crippen LogP) is 3.06. The van der Waals surface area contributed by atoms with E-state index < -0.39 is 0 Å². The number of rotatable bonds is 4. The van der Waals surface area contributed by atoms with Crippen molar-refractivity contribution in [3.8, 4) is 5.75 Å². The zero-order valence-corrected chi connectivity index (χ0v) is 11.1. The van der Waals surface area contributed by atoms with E-state index in [2.05, 4.69) is 0 Å². The lowest BCUT2D eigenvalue weighted by molar-refractivity contribution is 0.415. The number of halogens is 1. The SMILES string of the molecule is COc1cccc(N(C)c2cccc(F)c2CN)c1. The molecule has 0 aliphatic heterocycles. The first-order chi connectivity index (χ1) is 9.17. The molecule has 0 heterocycles. The van der Waals surface area contributed by atoms with Crippen LogP contribution >= 0.6 is 0 Å². The summed E-state index contributed by atoms with van der Waals surface area (Å²) >= 11 is 0. The van der Waals surface area contributed by atoms with Gasteiger partial charge in [0.15, 0.2) is 0 Å². The van der Waals surface area contributed by atoms with Gasteiger partial charge in [-0.1, -0.05) is 12.1 Å². The van der Waals surface area contributed by atoms with Crippen LogP contribution < -0.4 is 15.4 Å². The van der Waals surface area contributed by atoms with Gasteiger partial charge in [-0.2, -0.15) is 0 Å². The molecular formula is C15H17FN2O. The second-order valence-corrected chi connectivity index (χ2v) is 4.20. The molecule has 0 radical (unpaired) electrons. The Morgan fingerprint density at radius 3 is 2.63 bits per heavy atom. The zero-order valence-electron chi connectivity index (χ0n) is 11.1. The van der Waals surface area contributed by atoms with Crippen LogP contribution in [0.25, 0.3) is 0 Å². The van der Waals surface area contributed by atoms with Gasteiger partial charge in [-0.3, -0.25) is 0 Å². The van der Waals surface area contributed by atoms with Crippen molar-refractivity contribution in [2.24, 2.45) is 5.73 Å². The third-order valence-electron chi connectivity index (χ3n) is 3.10. The molecule has 100 valence electrons. The Kier molecular flexibility index (Phi) is 4.02. The first kappa shape index (κ1) is 13.4. The molecule has 2 N–H and O–H groups in total. The first-order valence-corrected chi connectivity index (χ1v) is 6.02. The van der Waals surface area contributed by atoms with Crippen LogP contribution in [0.4, 0.5) is 15.8 Å². The Morgan fingerprint density at radius 1 is 1.21 bits per heavy atom. The van der Waals surface area contributed by atoms with E-state index in [0.29, 0.717) is 5.56 Å². The van der Waals surface area contributed by atoms with Gasteiger partial charge >= 0.3 is 0 Å². The Morgan fingerprint density at radius 2 is 1.95 bits per heavy atom. The lowest BCUT2D eigenvalue weighted by atomic mass is 10.1. The summed E-state index contributed by atoms with van der Waals surface area (Å²) in [5.41, 5.74) is 7.82. The van der Waals surface area contributed by atoms with E-state index in [1.54, 1.807) is 13.2 Å². The highest BCUT2D eigenvalue weighted by Gasteiger charge is 2.12. The predicted molar refractivity (Wildman–Crippen MR) is 75.3 cm³/mol. The summed E-state index contributed by atoms with van der Waals surface area (Å²) in [4.78, 5) is 1.90. The molecule has 0 atom stereocenters. The normalized spacial score (nSPS) is 10.3. The number of benzene rings is 2. The van der Waals surface area contributed by atoms with Crippen LogP contribution in [-0.4, -0.2) is 14.2 Å². The van der Waals surface area contributed by atoms with Gasteiger partial charge in [-0.05, 0) is 24.3 Å². The van der Waals surface area contributed by atoms with Crippen molar-refractivity contribution < 1.29 is 9.13 Å². The summed E-state index contributed by atoms with van der Waals surface area (Å²) in [7, 11) is 3.50. The molecule has 0 spiro atoms. The second-order valence-electron chi connectivity index (χ2n) is 4.20. The maximum Gasteiger partial charge on any atom is 0.129 e. The van der Waals surface area contributed by atoms with Crippen LogP contribution in [0.5, 0.6) is 5.75 Å². The fourth-order valence-corrected chi connectivity index (χ4v) is 2.02. The molecule has 0 aliphatic carbocycles. The van der Waals surface area contributed by atoms with Crippen LogP contribution in [0, 0.1) is 5.82 Å². The number of nitrogens with two attached hydrogens (primary N) is 1. The average Bonchev–Trinajstić information content (AvgIpc) is 2.46. The van der Waals surface area contributed by atoms with E-state index in [9.17, 15) is 4.39 Å². The third kappa shape index (κ3) is 2.69. The minimum Gasteiger partial charge on any atom is -0.497 e. The van der Waals surface area contributed by atoms with Gasteiger partial charge in [0, 0.05) is 36.6 Å². The highest BCUT2D eigenvalue weighted by Crippen LogP contribution is 2.30. The fraction of sp³-hybridized carbons (Fsp3) is 0.200. The summed E-state index contributed by atoms with van der Waals surface area (Å²) in [6, 6.07) is 12.5. The van der Waals surface area contributed by atoms with Gasteiger partial charge in [0.2, 0.25) is 0 Å². The second kappa shape index (κ2) is 5.71. The molecule has 3 nitrogen and oxygen atoms in total. The van der Waals surface area contributed by atoms with E-state index in [4.69, 9.17) is 10.5 Å². The van der Waals surface area contributed by atoms with Crippen LogP contribution in [0.2, 0.25) is 0 Å². The molecule has 0 saturated carbocycles. The van der Waals surface area contributed by atoms with Crippen LogP contribution in [0.15, 0.2) is 42.5 Å². The molecular weight excluding hydrogens is 243 g/mol. The molecule has 0 amide bonds. The van der Waals surface area contributed by atoms with E-state index in [1.165, 1.54) is 6.07 Å². The molecule has 2 aromatic rings. The first-order valence-electron chi connectivity index (χ1n) is 6.02. The summed E-state index contributed by atoms with van der Waals surface area (Å²) in [6.45, 7) is 0.163. The van der Waals surface area contributed by atoms with Gasteiger partial charge in [0.25, 0.3) is 0 Å². The number of hydrogen-bond acceptors (Lipinski definition) is 3. The quantitative estimate of drug-likeness (QED) is 0.918. The average molecular weight is 260 g/mol. The molecule has 19 heavy (non-hydrogen) atoms. The maximum absolute atomic E-state index is 13.7. The van der Waals surface area contributed by atoms with Crippen molar-refractivity contribution in [2.75, 3.05) is 19.1 Å². The molecule has 2 aromatic carbocycles. The minimum absolute atomic E-state index is 0.163. The van der Waals surface area contributed by atoms with Crippen molar-refractivity contribution in [2.45, 2.75) is 6.54 Å². The lowest BCUT2D eigenvalue weighted by Gasteiger charge is -2.23. The molecule has 2 rings (SSSR count). The van der Waals surface area contributed by atoms with Gasteiger partial charge in [0.1, 0.15) is 11.6 Å². The molecule has 0 aromatic heterocycles.